The predicted octanol–water partition coefficient (Wildman–Crippen LogP) is 1.84. The molecule has 2 unspecified atom stereocenters. The number of amides is 1. The highest BCUT2D eigenvalue weighted by Crippen LogP contribution is 2.50. The van der Waals surface area contributed by atoms with Crippen LogP contribution in [0.4, 0.5) is 0 Å². The molecule has 0 heterocycles. The number of rotatable bonds is 4. The van der Waals surface area contributed by atoms with Gasteiger partial charge in [-0.2, -0.15) is 0 Å². The van der Waals surface area contributed by atoms with Crippen molar-refractivity contribution in [2.75, 3.05) is 0 Å². The Morgan fingerprint density at radius 3 is 2.43 bits per heavy atom. The van der Waals surface area contributed by atoms with Gasteiger partial charge in [0, 0.05) is 12.3 Å². The van der Waals surface area contributed by atoms with Crippen LogP contribution >= 0.6 is 0 Å². The molecule has 35 heavy (non-hydrogen) atoms. The summed E-state index contributed by atoms with van der Waals surface area (Å²) in [4.78, 5) is 64.3. The number of aryl methyl sites for hydroxylation is 1. The molecule has 0 spiro atoms. The van der Waals surface area contributed by atoms with Crippen LogP contribution in [0, 0.1) is 29.6 Å². The second-order valence-corrected chi connectivity index (χ2v) is 10.9. The number of hydrogen-bond acceptors (Lipinski definition) is 7. The van der Waals surface area contributed by atoms with Gasteiger partial charge < -0.3 is 15.9 Å². The maximum absolute atomic E-state index is 13.6. The lowest BCUT2D eigenvalue weighted by Gasteiger charge is -2.48. The number of aliphatic hydroxyl groups is 1. The van der Waals surface area contributed by atoms with E-state index in [1.165, 1.54) is 38.2 Å². The average molecular weight is 482 g/mol. The van der Waals surface area contributed by atoms with Crippen molar-refractivity contribution in [1.29, 1.82) is 0 Å². The highest BCUT2D eigenvalue weighted by Gasteiger charge is 2.66. The van der Waals surface area contributed by atoms with Crippen molar-refractivity contribution in [2.24, 2.45) is 35.3 Å². The highest BCUT2D eigenvalue weighted by atomic mass is 16.3. The van der Waals surface area contributed by atoms with Crippen molar-refractivity contribution < 1.29 is 34.2 Å². The van der Waals surface area contributed by atoms with Gasteiger partial charge in [0.2, 0.25) is 5.91 Å². The Morgan fingerprint density at radius 1 is 1.03 bits per heavy atom. The standard InChI is InChI=1S/C27H31NO7/c28-26(34)22-19(30)12-16-10-15-11-17-14(7-6-13-4-2-1-3-5-13)8-9-18(29)21(17)23(31)20(15)24(32)27(16,35)25(22)33/h8-9,13,15-16,20,22,29,35H,1-7,10-12H2,(H2,28,34)/t15-,16+,20?,22?,27+/m1/s1. The minimum atomic E-state index is -2.60. The molecule has 5 atom stereocenters. The van der Waals surface area contributed by atoms with Crippen molar-refractivity contribution in [3.63, 3.8) is 0 Å². The number of hydrogen-bond donors (Lipinski definition) is 3. The van der Waals surface area contributed by atoms with Gasteiger partial charge in [-0.25, -0.2) is 0 Å². The molecule has 4 aliphatic rings. The van der Waals surface area contributed by atoms with Crippen LogP contribution in [0.5, 0.6) is 5.75 Å². The number of phenols is 1. The van der Waals surface area contributed by atoms with Gasteiger partial charge in [0.25, 0.3) is 0 Å². The Kier molecular flexibility index (Phi) is 5.90. The first-order chi connectivity index (χ1) is 16.6. The maximum atomic E-state index is 13.6. The molecule has 8 nitrogen and oxygen atoms in total. The molecule has 4 N–H and O–H groups in total. The lowest BCUT2D eigenvalue weighted by Crippen LogP contribution is -2.68. The van der Waals surface area contributed by atoms with E-state index in [-0.39, 0.29) is 24.2 Å². The number of aromatic hydroxyl groups is 1. The molecule has 4 aliphatic carbocycles. The third kappa shape index (κ3) is 3.64. The van der Waals surface area contributed by atoms with E-state index in [4.69, 9.17) is 5.73 Å². The third-order valence-electron chi connectivity index (χ3n) is 8.93. The third-order valence-corrected chi connectivity index (χ3v) is 8.93. The van der Waals surface area contributed by atoms with Crippen LogP contribution in [0.1, 0.15) is 72.9 Å². The molecule has 0 saturated heterocycles. The normalized spacial score (nSPS) is 33.2. The number of carbonyl (C=O) groups is 5. The fourth-order valence-corrected chi connectivity index (χ4v) is 7.10. The summed E-state index contributed by atoms with van der Waals surface area (Å²) in [5.74, 6) is -8.97. The number of carbonyl (C=O) groups excluding carboxylic acids is 5. The monoisotopic (exact) mass is 481 g/mol. The summed E-state index contributed by atoms with van der Waals surface area (Å²) in [7, 11) is 0. The van der Waals surface area contributed by atoms with Crippen LogP contribution in [0.15, 0.2) is 12.1 Å². The zero-order chi connectivity index (χ0) is 25.1. The van der Waals surface area contributed by atoms with Gasteiger partial charge in [-0.15, -0.1) is 0 Å². The van der Waals surface area contributed by atoms with E-state index >= 15 is 0 Å². The molecular weight excluding hydrogens is 450 g/mol. The number of benzene rings is 1. The fraction of sp³-hybridized carbons (Fsp3) is 0.593. The van der Waals surface area contributed by atoms with E-state index in [0.29, 0.717) is 12.3 Å². The average Bonchev–Trinajstić information content (AvgIpc) is 2.81. The van der Waals surface area contributed by atoms with Crippen LogP contribution < -0.4 is 5.73 Å². The number of Topliss-reactive ketones (excluding diaryl/α,β-unsaturated/α-hetero) is 4. The Hall–Kier alpha value is -2.87. The molecule has 3 fully saturated rings. The summed E-state index contributed by atoms with van der Waals surface area (Å²) in [6.07, 6.45) is 8.08. The first kappa shape index (κ1) is 23.9. The van der Waals surface area contributed by atoms with Crippen molar-refractivity contribution in [3.8, 4) is 5.75 Å². The van der Waals surface area contributed by atoms with E-state index in [9.17, 15) is 34.2 Å². The quantitative estimate of drug-likeness (QED) is 0.555. The minimum Gasteiger partial charge on any atom is -0.507 e. The van der Waals surface area contributed by atoms with Gasteiger partial charge in [0.05, 0.1) is 11.5 Å². The van der Waals surface area contributed by atoms with E-state index in [1.54, 1.807) is 0 Å². The van der Waals surface area contributed by atoms with Gasteiger partial charge in [-0.3, -0.25) is 24.0 Å². The van der Waals surface area contributed by atoms with E-state index in [2.05, 4.69) is 0 Å². The molecule has 0 aromatic heterocycles. The molecule has 1 aromatic rings. The van der Waals surface area contributed by atoms with E-state index in [1.807, 2.05) is 6.07 Å². The highest BCUT2D eigenvalue weighted by molar-refractivity contribution is 6.31. The van der Waals surface area contributed by atoms with Gasteiger partial charge in [0.15, 0.2) is 34.7 Å². The predicted molar refractivity (Wildman–Crippen MR) is 123 cm³/mol. The van der Waals surface area contributed by atoms with Crippen LogP contribution in [0.2, 0.25) is 0 Å². The van der Waals surface area contributed by atoms with Crippen LogP contribution in [0.25, 0.3) is 0 Å². The minimum absolute atomic E-state index is 0.0913. The van der Waals surface area contributed by atoms with Crippen molar-refractivity contribution in [2.45, 2.75) is 69.8 Å². The molecule has 0 bridgehead atoms. The van der Waals surface area contributed by atoms with Gasteiger partial charge in [-0.1, -0.05) is 38.2 Å². The fourth-order valence-electron chi connectivity index (χ4n) is 7.10. The Labute approximate surface area is 203 Å². The van der Waals surface area contributed by atoms with Gasteiger partial charge in [-0.05, 0) is 54.7 Å². The molecule has 0 radical (unpaired) electrons. The Balaban J connectivity index is 1.48. The first-order valence-corrected chi connectivity index (χ1v) is 12.7. The molecule has 186 valence electrons. The Bertz CT molecular complexity index is 1130. The Morgan fingerprint density at radius 2 is 1.74 bits per heavy atom. The van der Waals surface area contributed by atoms with Crippen LogP contribution in [0.3, 0.4) is 0 Å². The van der Waals surface area contributed by atoms with Gasteiger partial charge in [0.1, 0.15) is 5.75 Å². The molecule has 5 rings (SSSR count). The zero-order valence-corrected chi connectivity index (χ0v) is 19.6. The number of nitrogens with two attached hydrogens (primary N) is 1. The number of fused-ring (bicyclic) bond motifs is 3. The zero-order valence-electron chi connectivity index (χ0n) is 19.6. The molecule has 1 aromatic carbocycles. The van der Waals surface area contributed by atoms with Crippen molar-refractivity contribution in [1.82, 2.24) is 0 Å². The first-order valence-electron chi connectivity index (χ1n) is 12.7. The maximum Gasteiger partial charge on any atom is 0.235 e. The SMILES string of the molecule is NC(=O)C1C(=O)C[C@@H]2C[C@@H]3Cc4c(CCC5CCCCC5)ccc(O)c4C(=O)C3C(=O)[C@]2(O)C1=O. The summed E-state index contributed by atoms with van der Waals surface area (Å²) >= 11 is 0. The number of phenolic OH excluding ortho intramolecular Hbond substituents is 1. The summed E-state index contributed by atoms with van der Waals surface area (Å²) in [5, 5.41) is 21.8. The second kappa shape index (κ2) is 8.66. The molecule has 1 amide bonds. The van der Waals surface area contributed by atoms with Crippen LogP contribution in [-0.4, -0.2) is 44.9 Å². The number of ketones is 4. The lowest BCUT2D eigenvalue weighted by molar-refractivity contribution is -0.175. The second-order valence-electron chi connectivity index (χ2n) is 10.9. The molecule has 8 heteroatoms. The topological polar surface area (TPSA) is 152 Å². The smallest absolute Gasteiger partial charge is 0.235 e. The molecule has 3 saturated carbocycles. The van der Waals surface area contributed by atoms with E-state index < -0.39 is 58.3 Å². The largest absolute Gasteiger partial charge is 0.507 e. The summed E-state index contributed by atoms with van der Waals surface area (Å²) in [5.41, 5.74) is 4.41. The molecule has 0 aliphatic heterocycles. The van der Waals surface area contributed by atoms with Crippen LogP contribution in [-0.2, 0) is 32.0 Å². The van der Waals surface area contributed by atoms with Crippen molar-refractivity contribution in [3.05, 3.63) is 28.8 Å². The number of primary amides is 1. The summed E-state index contributed by atoms with van der Waals surface area (Å²) in [6.45, 7) is 0. The van der Waals surface area contributed by atoms with Crippen molar-refractivity contribution >= 4 is 29.0 Å². The lowest BCUT2D eigenvalue weighted by atomic mass is 9.53. The summed E-state index contributed by atoms with van der Waals surface area (Å²) in [6, 6.07) is 3.32. The van der Waals surface area contributed by atoms with E-state index in [0.717, 1.165) is 24.0 Å². The summed E-state index contributed by atoms with van der Waals surface area (Å²) < 4.78 is 0. The molecular formula is C27H31NO7. The van der Waals surface area contributed by atoms with Gasteiger partial charge >= 0.3 is 0 Å².